The van der Waals surface area contributed by atoms with Crippen LogP contribution in [0.3, 0.4) is 0 Å². The van der Waals surface area contributed by atoms with Crippen LogP contribution in [0.5, 0.6) is 0 Å². The van der Waals surface area contributed by atoms with Crippen LogP contribution in [-0.4, -0.2) is 81.0 Å². The van der Waals surface area contributed by atoms with Crippen molar-refractivity contribution < 1.29 is 48.9 Å². The molecule has 0 aliphatic carbocycles. The average Bonchev–Trinajstić information content (AvgIpc) is 2.74. The summed E-state index contributed by atoms with van der Waals surface area (Å²) in [6, 6.07) is -5.51. The van der Waals surface area contributed by atoms with Gasteiger partial charge in [0, 0.05) is 19.3 Å². The lowest BCUT2D eigenvalue weighted by Crippen LogP contribution is -2.57. The van der Waals surface area contributed by atoms with Gasteiger partial charge in [0.15, 0.2) is 0 Å². The third kappa shape index (κ3) is 12.9. The minimum Gasteiger partial charge on any atom is -0.481 e. The van der Waals surface area contributed by atoms with Gasteiger partial charge in [-0.15, -0.1) is 0 Å². The van der Waals surface area contributed by atoms with Crippen molar-refractivity contribution in [3.63, 3.8) is 0 Å². The summed E-state index contributed by atoms with van der Waals surface area (Å²) in [5.41, 5.74) is 10.7. The van der Waals surface area contributed by atoms with Gasteiger partial charge in [0.05, 0.1) is 6.04 Å². The first-order chi connectivity index (χ1) is 16.1. The van der Waals surface area contributed by atoms with Crippen LogP contribution in [0.2, 0.25) is 0 Å². The Hall–Kier alpha value is -3.75. The number of aliphatic carboxylic acids is 3. The molecule has 4 unspecified atom stereocenters. The van der Waals surface area contributed by atoms with E-state index in [0.29, 0.717) is 0 Å². The Morgan fingerprint density at radius 2 is 1.11 bits per heavy atom. The molecular weight excluding hydrogens is 470 g/mol. The number of hydrogen-bond acceptors (Lipinski definition) is 8. The summed E-state index contributed by atoms with van der Waals surface area (Å²) < 4.78 is 0. The minimum atomic E-state index is -1.48. The molecule has 0 aliphatic heterocycles. The van der Waals surface area contributed by atoms with Gasteiger partial charge in [-0.25, -0.2) is 4.79 Å². The number of nitrogens with two attached hydrogens (primary N) is 2. The van der Waals surface area contributed by atoms with Crippen LogP contribution >= 0.6 is 0 Å². The number of nitrogens with one attached hydrogen (secondary N) is 3. The van der Waals surface area contributed by atoms with E-state index in [9.17, 15) is 38.7 Å². The van der Waals surface area contributed by atoms with Gasteiger partial charge in [-0.05, 0) is 25.2 Å². The summed E-state index contributed by atoms with van der Waals surface area (Å²) in [4.78, 5) is 82.0. The summed E-state index contributed by atoms with van der Waals surface area (Å²) in [5.74, 6) is -7.96. The molecule has 0 aromatic rings. The lowest BCUT2D eigenvalue weighted by atomic mass is 10.0. The second-order valence-electron chi connectivity index (χ2n) is 8.17. The van der Waals surface area contributed by atoms with E-state index < -0.39 is 90.9 Å². The molecule has 198 valence electrons. The lowest BCUT2D eigenvalue weighted by Gasteiger charge is -2.25. The monoisotopic (exact) mass is 503 g/mol. The number of rotatable bonds is 17. The van der Waals surface area contributed by atoms with Crippen molar-refractivity contribution in [1.29, 1.82) is 0 Å². The Balaban J connectivity index is 5.61. The van der Waals surface area contributed by atoms with Gasteiger partial charge in [-0.1, -0.05) is 13.8 Å². The van der Waals surface area contributed by atoms with Gasteiger partial charge >= 0.3 is 17.9 Å². The summed E-state index contributed by atoms with van der Waals surface area (Å²) in [6.07, 6.45) is -2.23. The van der Waals surface area contributed by atoms with Crippen molar-refractivity contribution in [2.45, 2.75) is 76.5 Å². The fourth-order valence-corrected chi connectivity index (χ4v) is 2.82. The van der Waals surface area contributed by atoms with E-state index in [1.54, 1.807) is 0 Å². The topological polar surface area (TPSA) is 268 Å². The Morgan fingerprint density at radius 1 is 0.686 bits per heavy atom. The average molecular weight is 504 g/mol. The molecule has 0 saturated carbocycles. The number of carboxylic acid groups (broad SMARTS) is 3. The number of hydrogen-bond donors (Lipinski definition) is 8. The SMILES string of the molecule is CC(C)C(NC(=O)C(CCC(=O)O)NC(=O)C(CCC(N)=O)NC(=O)C(N)CCC(=O)O)C(=O)O. The molecule has 0 bridgehead atoms. The second kappa shape index (κ2) is 15.2. The zero-order valence-electron chi connectivity index (χ0n) is 19.5. The normalized spacial score (nSPS) is 14.2. The Labute approximate surface area is 201 Å². The maximum absolute atomic E-state index is 12.8. The summed E-state index contributed by atoms with van der Waals surface area (Å²) in [7, 11) is 0. The molecule has 0 heterocycles. The molecule has 15 nitrogen and oxygen atoms in total. The van der Waals surface area contributed by atoms with Gasteiger partial charge in [0.2, 0.25) is 23.6 Å². The largest absolute Gasteiger partial charge is 0.481 e. The molecule has 10 N–H and O–H groups in total. The summed E-state index contributed by atoms with van der Waals surface area (Å²) in [6.45, 7) is 3.07. The number of carbonyl (C=O) groups is 7. The van der Waals surface area contributed by atoms with Crippen molar-refractivity contribution in [3.05, 3.63) is 0 Å². The third-order valence-electron chi connectivity index (χ3n) is 4.83. The molecule has 0 fully saturated rings. The molecule has 0 aliphatic rings. The molecule has 35 heavy (non-hydrogen) atoms. The van der Waals surface area contributed by atoms with E-state index in [1.807, 2.05) is 0 Å². The Morgan fingerprint density at radius 3 is 1.54 bits per heavy atom. The van der Waals surface area contributed by atoms with Crippen molar-refractivity contribution in [1.82, 2.24) is 16.0 Å². The van der Waals surface area contributed by atoms with Gasteiger partial charge in [-0.2, -0.15) is 0 Å². The van der Waals surface area contributed by atoms with Gasteiger partial charge in [0.1, 0.15) is 18.1 Å². The van der Waals surface area contributed by atoms with Crippen LogP contribution in [0.4, 0.5) is 0 Å². The van der Waals surface area contributed by atoms with Crippen molar-refractivity contribution >= 4 is 41.5 Å². The number of carbonyl (C=O) groups excluding carboxylic acids is 4. The fourth-order valence-electron chi connectivity index (χ4n) is 2.82. The van der Waals surface area contributed by atoms with E-state index in [2.05, 4.69) is 16.0 Å². The molecule has 0 saturated heterocycles. The third-order valence-corrected chi connectivity index (χ3v) is 4.83. The van der Waals surface area contributed by atoms with Gasteiger partial charge < -0.3 is 42.7 Å². The molecule has 15 heteroatoms. The van der Waals surface area contributed by atoms with Crippen LogP contribution in [-0.2, 0) is 33.6 Å². The summed E-state index contributed by atoms with van der Waals surface area (Å²) >= 11 is 0. The molecule has 4 amide bonds. The van der Waals surface area contributed by atoms with E-state index in [-0.39, 0.29) is 19.3 Å². The smallest absolute Gasteiger partial charge is 0.326 e. The number of primary amides is 1. The molecule has 4 atom stereocenters. The first kappa shape index (κ1) is 31.2. The molecule has 0 spiro atoms. The quantitative estimate of drug-likeness (QED) is 0.103. The maximum Gasteiger partial charge on any atom is 0.326 e. The van der Waals surface area contributed by atoms with Gasteiger partial charge in [0.25, 0.3) is 0 Å². The zero-order valence-corrected chi connectivity index (χ0v) is 19.5. The highest BCUT2D eigenvalue weighted by molar-refractivity contribution is 5.94. The molecule has 0 aromatic heterocycles. The zero-order chi connectivity index (χ0) is 27.3. The van der Waals surface area contributed by atoms with Crippen LogP contribution in [0.25, 0.3) is 0 Å². The highest BCUT2D eigenvalue weighted by atomic mass is 16.4. The fraction of sp³-hybridized carbons (Fsp3) is 0.650. The van der Waals surface area contributed by atoms with E-state index >= 15 is 0 Å². The van der Waals surface area contributed by atoms with Crippen molar-refractivity contribution in [2.24, 2.45) is 17.4 Å². The Kier molecular flexibility index (Phi) is 13.6. The number of carboxylic acids is 3. The first-order valence-electron chi connectivity index (χ1n) is 10.8. The lowest BCUT2D eigenvalue weighted by molar-refractivity contribution is -0.144. The van der Waals surface area contributed by atoms with Crippen LogP contribution in [0, 0.1) is 5.92 Å². The molecular formula is C20H33N5O10. The van der Waals surface area contributed by atoms with Gasteiger partial charge in [-0.3, -0.25) is 28.8 Å². The molecule has 0 radical (unpaired) electrons. The molecule has 0 aromatic carbocycles. The highest BCUT2D eigenvalue weighted by Crippen LogP contribution is 2.07. The van der Waals surface area contributed by atoms with Crippen molar-refractivity contribution in [2.75, 3.05) is 0 Å². The predicted molar refractivity (Wildman–Crippen MR) is 118 cm³/mol. The van der Waals surface area contributed by atoms with E-state index in [4.69, 9.17) is 21.7 Å². The van der Waals surface area contributed by atoms with Crippen LogP contribution in [0.15, 0.2) is 0 Å². The van der Waals surface area contributed by atoms with E-state index in [1.165, 1.54) is 13.8 Å². The highest BCUT2D eigenvalue weighted by Gasteiger charge is 2.31. The first-order valence-corrected chi connectivity index (χ1v) is 10.8. The van der Waals surface area contributed by atoms with Crippen molar-refractivity contribution in [3.8, 4) is 0 Å². The van der Waals surface area contributed by atoms with Crippen LogP contribution in [0.1, 0.15) is 52.4 Å². The molecule has 0 rings (SSSR count). The Bertz CT molecular complexity index is 816. The van der Waals surface area contributed by atoms with E-state index in [0.717, 1.165) is 0 Å². The maximum atomic E-state index is 12.8. The summed E-state index contributed by atoms with van der Waals surface area (Å²) in [5, 5.41) is 33.7. The minimum absolute atomic E-state index is 0.235. The standard InChI is InChI=1S/C20H33N5O10/c1-9(2)16(20(34)35)25-19(33)12(5-8-15(29)30)24-18(32)11(4-6-13(22)26)23-17(31)10(21)3-7-14(27)28/h9-12,16H,3-8,21H2,1-2H3,(H2,22,26)(H,23,31)(H,24,32)(H,25,33)(H,27,28)(H,29,30)(H,34,35). The number of amides is 4. The van der Waals surface area contributed by atoms with Crippen LogP contribution < -0.4 is 27.4 Å². The predicted octanol–water partition coefficient (Wildman–Crippen LogP) is -2.50. The second-order valence-corrected chi connectivity index (χ2v) is 8.17.